The van der Waals surface area contributed by atoms with Gasteiger partial charge >= 0.3 is 0 Å². The molecule has 0 spiro atoms. The molecule has 46 valence electrons. The van der Waals surface area contributed by atoms with E-state index in [0.29, 0.717) is 6.54 Å². The van der Waals surface area contributed by atoms with E-state index in [0.717, 1.165) is 0 Å². The number of nitrogens with one attached hydrogen (secondary N) is 1. The van der Waals surface area contributed by atoms with Gasteiger partial charge in [0.2, 0.25) is 0 Å². The molecule has 0 aromatic heterocycles. The van der Waals surface area contributed by atoms with Gasteiger partial charge in [-0.25, -0.2) is 0 Å². The van der Waals surface area contributed by atoms with Crippen molar-refractivity contribution in [3.8, 4) is 0 Å². The van der Waals surface area contributed by atoms with Crippen LogP contribution in [0.25, 0.3) is 0 Å². The Hall–Kier alpha value is -0.740. The predicted molar refractivity (Wildman–Crippen MR) is 27.2 cm³/mol. The highest BCUT2D eigenvalue weighted by atomic mass is 16.7. The fraction of sp³-hybridized carbons (Fsp3) is 0.500. The maximum Gasteiger partial charge on any atom is 0.131 e. The Kier molecular flexibility index (Phi) is 1.71. The minimum atomic E-state index is 0.126. The number of nitrogens with zero attached hydrogens (tertiary/aromatic N) is 1. The zero-order chi connectivity index (χ0) is 5.82. The number of hydrogen-bond acceptors (Lipinski definition) is 4. The molecule has 0 amide bonds. The van der Waals surface area contributed by atoms with Gasteiger partial charge in [0, 0.05) is 0 Å². The molecule has 1 heterocycles. The second kappa shape index (κ2) is 2.54. The number of rotatable bonds is 2. The molecule has 0 fully saturated rings. The van der Waals surface area contributed by atoms with Gasteiger partial charge in [-0.15, -0.1) is 0 Å². The largest absolute Gasteiger partial charge is 0.395 e. The van der Waals surface area contributed by atoms with Gasteiger partial charge in [-0.2, -0.15) is 0 Å². The maximum absolute atomic E-state index is 8.36. The summed E-state index contributed by atoms with van der Waals surface area (Å²) >= 11 is 0. The summed E-state index contributed by atoms with van der Waals surface area (Å²) in [5.41, 5.74) is 2.52. The van der Waals surface area contributed by atoms with Gasteiger partial charge in [0.1, 0.15) is 6.26 Å². The van der Waals surface area contributed by atoms with Crippen LogP contribution >= 0.6 is 0 Å². The molecule has 2 N–H and O–H groups in total. The Morgan fingerprint density at radius 1 is 1.75 bits per heavy atom. The van der Waals surface area contributed by atoms with Crippen LogP contribution in [-0.2, 0) is 4.84 Å². The van der Waals surface area contributed by atoms with Gasteiger partial charge in [-0.1, -0.05) is 5.59 Å². The lowest BCUT2D eigenvalue weighted by Crippen LogP contribution is -2.29. The molecule has 0 aromatic carbocycles. The molecule has 0 radical (unpaired) electrons. The van der Waals surface area contributed by atoms with Crippen molar-refractivity contribution >= 4 is 0 Å². The highest BCUT2D eigenvalue weighted by molar-refractivity contribution is 4.74. The van der Waals surface area contributed by atoms with E-state index < -0.39 is 0 Å². The molecule has 0 bridgehead atoms. The summed E-state index contributed by atoms with van der Waals surface area (Å²) in [5.74, 6) is 0. The van der Waals surface area contributed by atoms with Crippen molar-refractivity contribution in [2.45, 2.75) is 0 Å². The Bertz CT molecular complexity index is 94.0. The first-order valence-electron chi connectivity index (χ1n) is 2.39. The monoisotopic (exact) mass is 116 g/mol. The van der Waals surface area contributed by atoms with Crippen LogP contribution < -0.4 is 5.59 Å². The molecular formula is C4H8N2O2. The zero-order valence-electron chi connectivity index (χ0n) is 4.37. The van der Waals surface area contributed by atoms with Crippen LogP contribution in [0.3, 0.4) is 0 Å². The van der Waals surface area contributed by atoms with Crippen molar-refractivity contribution in [3.05, 3.63) is 12.5 Å². The van der Waals surface area contributed by atoms with Gasteiger partial charge < -0.3 is 9.94 Å². The third-order valence-electron chi connectivity index (χ3n) is 0.820. The van der Waals surface area contributed by atoms with E-state index >= 15 is 0 Å². The predicted octanol–water partition coefficient (Wildman–Crippen LogP) is -0.798. The smallest absolute Gasteiger partial charge is 0.131 e. The Labute approximate surface area is 47.3 Å². The Morgan fingerprint density at radius 2 is 2.62 bits per heavy atom. The van der Waals surface area contributed by atoms with Crippen molar-refractivity contribution in [2.75, 3.05) is 13.2 Å². The Morgan fingerprint density at radius 3 is 3.12 bits per heavy atom. The van der Waals surface area contributed by atoms with E-state index in [9.17, 15) is 0 Å². The molecule has 0 atom stereocenters. The summed E-state index contributed by atoms with van der Waals surface area (Å²) in [7, 11) is 0. The highest BCUT2D eigenvalue weighted by Crippen LogP contribution is 1.91. The molecule has 0 aromatic rings. The average Bonchev–Trinajstić information content (AvgIpc) is 2.19. The second-order valence-electron chi connectivity index (χ2n) is 1.41. The quantitative estimate of drug-likeness (QED) is 0.496. The van der Waals surface area contributed by atoms with Gasteiger partial charge in [-0.3, -0.25) is 5.01 Å². The summed E-state index contributed by atoms with van der Waals surface area (Å²) in [6, 6.07) is 0. The molecule has 1 aliphatic rings. The molecule has 1 aliphatic heterocycles. The number of β-amino-alcohol motifs (C(OH)–C–C–N with tert-alkyl or cyclic N) is 1. The van der Waals surface area contributed by atoms with E-state index in [-0.39, 0.29) is 6.61 Å². The molecular weight excluding hydrogens is 108 g/mol. The van der Waals surface area contributed by atoms with Gasteiger partial charge in [0.15, 0.2) is 0 Å². The van der Waals surface area contributed by atoms with Crippen LogP contribution in [0.2, 0.25) is 0 Å². The molecule has 4 heteroatoms. The maximum atomic E-state index is 8.36. The zero-order valence-corrected chi connectivity index (χ0v) is 4.37. The number of aliphatic hydroxyl groups is 1. The minimum Gasteiger partial charge on any atom is -0.395 e. The molecule has 8 heavy (non-hydrogen) atoms. The summed E-state index contributed by atoms with van der Waals surface area (Å²) in [6.45, 7) is 0.678. The van der Waals surface area contributed by atoms with Crippen LogP contribution in [0.4, 0.5) is 0 Å². The minimum absolute atomic E-state index is 0.126. The number of hydrogen-bond donors (Lipinski definition) is 2. The topological polar surface area (TPSA) is 44.7 Å². The van der Waals surface area contributed by atoms with Crippen molar-refractivity contribution in [1.29, 1.82) is 0 Å². The molecule has 4 nitrogen and oxygen atoms in total. The summed E-state index contributed by atoms with van der Waals surface area (Å²) in [4.78, 5) is 4.59. The summed E-state index contributed by atoms with van der Waals surface area (Å²) in [6.07, 6.45) is 3.21. The lowest BCUT2D eigenvalue weighted by Gasteiger charge is -2.10. The highest BCUT2D eigenvalue weighted by Gasteiger charge is 2.00. The fourth-order valence-electron chi connectivity index (χ4n) is 0.460. The van der Waals surface area contributed by atoms with E-state index in [1.54, 1.807) is 11.2 Å². The summed E-state index contributed by atoms with van der Waals surface area (Å²) < 4.78 is 0. The van der Waals surface area contributed by atoms with Gasteiger partial charge in [-0.05, 0) is 0 Å². The van der Waals surface area contributed by atoms with Crippen molar-refractivity contribution in [1.82, 2.24) is 10.6 Å². The third-order valence-corrected chi connectivity index (χ3v) is 0.820. The molecule has 0 saturated heterocycles. The van der Waals surface area contributed by atoms with E-state index in [1.807, 2.05) is 0 Å². The number of aliphatic hydroxyl groups excluding tert-OH is 1. The van der Waals surface area contributed by atoms with Crippen molar-refractivity contribution in [3.63, 3.8) is 0 Å². The van der Waals surface area contributed by atoms with Gasteiger partial charge in [0.05, 0.1) is 19.4 Å². The fourth-order valence-corrected chi connectivity index (χ4v) is 0.460. The first-order chi connectivity index (χ1) is 3.93. The standard InChI is InChI=1S/C4H8N2O2/c7-3-1-6-2-4-8-5-6/h2,4-5,7H,1,3H2. The van der Waals surface area contributed by atoms with Crippen LogP contribution in [0, 0.1) is 0 Å². The second-order valence-corrected chi connectivity index (χ2v) is 1.41. The average molecular weight is 116 g/mol. The van der Waals surface area contributed by atoms with Crippen molar-refractivity contribution < 1.29 is 9.94 Å². The normalized spacial score (nSPS) is 16.9. The van der Waals surface area contributed by atoms with Crippen LogP contribution in [-0.4, -0.2) is 23.3 Å². The number of hydrazine groups is 1. The molecule has 1 rings (SSSR count). The lowest BCUT2D eigenvalue weighted by atomic mass is 10.7. The van der Waals surface area contributed by atoms with Crippen molar-refractivity contribution in [2.24, 2.45) is 0 Å². The SMILES string of the molecule is OCCN1C=CON1. The summed E-state index contributed by atoms with van der Waals surface area (Å²) in [5, 5.41) is 9.99. The van der Waals surface area contributed by atoms with E-state index in [1.165, 1.54) is 6.26 Å². The van der Waals surface area contributed by atoms with Crippen LogP contribution in [0.5, 0.6) is 0 Å². The first kappa shape index (κ1) is 5.40. The van der Waals surface area contributed by atoms with E-state index in [2.05, 4.69) is 10.4 Å². The van der Waals surface area contributed by atoms with Crippen LogP contribution in [0.1, 0.15) is 0 Å². The lowest BCUT2D eigenvalue weighted by molar-refractivity contribution is 0.0271. The molecule has 0 saturated carbocycles. The third kappa shape index (κ3) is 1.11. The van der Waals surface area contributed by atoms with Crippen LogP contribution in [0.15, 0.2) is 12.5 Å². The molecule has 0 unspecified atom stereocenters. The van der Waals surface area contributed by atoms with E-state index in [4.69, 9.17) is 5.11 Å². The van der Waals surface area contributed by atoms with Gasteiger partial charge in [0.25, 0.3) is 0 Å². The molecule has 0 aliphatic carbocycles. The first-order valence-corrected chi connectivity index (χ1v) is 2.39. The Balaban J connectivity index is 2.16.